The van der Waals surface area contributed by atoms with E-state index in [-0.39, 0.29) is 23.3 Å². The van der Waals surface area contributed by atoms with Crippen LogP contribution in [-0.2, 0) is 21.2 Å². The summed E-state index contributed by atoms with van der Waals surface area (Å²) in [7, 11) is -2.92. The summed E-state index contributed by atoms with van der Waals surface area (Å²) in [6, 6.07) is 24.3. The van der Waals surface area contributed by atoms with Crippen LogP contribution in [0.5, 0.6) is 0 Å². The van der Waals surface area contributed by atoms with Gasteiger partial charge in [0.1, 0.15) is 17.7 Å². The van der Waals surface area contributed by atoms with E-state index < -0.39 is 26.1 Å². The van der Waals surface area contributed by atoms with Crippen molar-refractivity contribution in [3.05, 3.63) is 89.9 Å². The predicted octanol–water partition coefficient (Wildman–Crippen LogP) is 6.28. The SMILES string of the molecule is Cc1cc(CC(=O)Nc2cc([C@@H]3C[C@H](O[Si](c4ccccc4)(c4ccccc4)C(C)(C)C)[C@@H](F)C3)nn2C(C)(C)C)on1. The average molecular weight is 603 g/mol. The second-order valence-corrected chi connectivity index (χ2v) is 18.0. The molecule has 4 aromatic rings. The Morgan fingerprint density at radius 3 is 2.12 bits per heavy atom. The Kier molecular flexibility index (Phi) is 8.51. The van der Waals surface area contributed by atoms with Crippen molar-refractivity contribution >= 4 is 30.4 Å². The van der Waals surface area contributed by atoms with Crippen LogP contribution in [0.4, 0.5) is 10.2 Å². The standard InChI is InChI=1S/C34H43FN4O3Si/c1-23-18-25(41-38-23)21-32(40)36-31-22-29(37-39(31)33(2,3)4)24-19-28(35)30(20-24)42-43(34(5,6)7,26-14-10-8-11-15-26)27-16-12-9-13-17-27/h8-18,22,24,28,30H,19-21H2,1-7H3,(H,36,40)/t24-,28-,30-/m0/s1. The monoisotopic (exact) mass is 602 g/mol. The number of carbonyl (C=O) groups excluding carboxylic acids is 1. The lowest BCUT2D eigenvalue weighted by Gasteiger charge is -2.45. The molecule has 3 atom stereocenters. The molecule has 2 heterocycles. The Labute approximate surface area is 255 Å². The molecule has 1 N–H and O–H groups in total. The molecule has 43 heavy (non-hydrogen) atoms. The number of aromatic nitrogens is 3. The summed E-state index contributed by atoms with van der Waals surface area (Å²) in [5, 5.41) is 13.8. The van der Waals surface area contributed by atoms with Crippen LogP contribution in [0.1, 0.15) is 77.5 Å². The van der Waals surface area contributed by atoms with Crippen molar-refractivity contribution in [3.8, 4) is 0 Å². The molecule has 1 aliphatic rings. The van der Waals surface area contributed by atoms with Crippen molar-refractivity contribution in [2.75, 3.05) is 5.32 Å². The molecule has 0 aliphatic heterocycles. The van der Waals surface area contributed by atoms with Crippen LogP contribution >= 0.6 is 0 Å². The second kappa shape index (κ2) is 11.8. The van der Waals surface area contributed by atoms with Crippen molar-refractivity contribution in [2.24, 2.45) is 0 Å². The van der Waals surface area contributed by atoms with E-state index in [1.807, 2.05) is 74.8 Å². The molecular weight excluding hydrogens is 559 g/mol. The molecule has 0 radical (unpaired) electrons. The summed E-state index contributed by atoms with van der Waals surface area (Å²) in [5.74, 6) is 0.706. The highest BCUT2D eigenvalue weighted by molar-refractivity contribution is 6.99. The maximum Gasteiger partial charge on any atom is 0.261 e. The average Bonchev–Trinajstić information content (AvgIpc) is 3.65. The van der Waals surface area contributed by atoms with Crippen LogP contribution in [0.15, 0.2) is 77.3 Å². The van der Waals surface area contributed by atoms with Crippen molar-refractivity contribution in [1.29, 1.82) is 0 Å². The third-order valence-corrected chi connectivity index (χ3v) is 13.3. The van der Waals surface area contributed by atoms with Crippen LogP contribution in [-0.4, -0.2) is 41.4 Å². The first kappa shape index (κ1) is 30.9. The third kappa shape index (κ3) is 6.38. The topological polar surface area (TPSA) is 82.2 Å². The van der Waals surface area contributed by atoms with E-state index in [2.05, 4.69) is 55.5 Å². The first-order valence-electron chi connectivity index (χ1n) is 15.0. The Morgan fingerprint density at radius 2 is 1.60 bits per heavy atom. The number of hydrogen-bond donors (Lipinski definition) is 1. The van der Waals surface area contributed by atoms with Crippen molar-refractivity contribution in [2.45, 2.75) is 96.5 Å². The first-order chi connectivity index (χ1) is 20.3. The minimum absolute atomic E-state index is 0.0654. The van der Waals surface area contributed by atoms with Crippen LogP contribution in [0, 0.1) is 6.92 Å². The van der Waals surface area contributed by atoms with Gasteiger partial charge in [0.2, 0.25) is 5.91 Å². The molecule has 1 fully saturated rings. The van der Waals surface area contributed by atoms with Gasteiger partial charge in [0.15, 0.2) is 0 Å². The number of nitrogens with zero attached hydrogens (tertiary/aromatic N) is 3. The summed E-state index contributed by atoms with van der Waals surface area (Å²) < 4.78 is 30.3. The van der Waals surface area contributed by atoms with E-state index in [9.17, 15) is 4.79 Å². The fourth-order valence-corrected chi connectivity index (χ4v) is 11.0. The molecular formula is C34H43FN4O3Si. The number of alkyl halides is 1. The quantitative estimate of drug-likeness (QED) is 0.240. The first-order valence-corrected chi connectivity index (χ1v) is 16.9. The maximum absolute atomic E-state index is 16.0. The van der Waals surface area contributed by atoms with Gasteiger partial charge in [-0.2, -0.15) is 5.10 Å². The Hall–Kier alpha value is -3.56. The summed E-state index contributed by atoms with van der Waals surface area (Å²) in [4.78, 5) is 12.9. The van der Waals surface area contributed by atoms with Gasteiger partial charge >= 0.3 is 0 Å². The maximum atomic E-state index is 16.0. The smallest absolute Gasteiger partial charge is 0.261 e. The van der Waals surface area contributed by atoms with Gasteiger partial charge < -0.3 is 14.3 Å². The number of anilines is 1. The third-order valence-electron chi connectivity index (χ3n) is 8.24. The van der Waals surface area contributed by atoms with E-state index >= 15 is 4.39 Å². The molecule has 228 valence electrons. The highest BCUT2D eigenvalue weighted by atomic mass is 28.4. The van der Waals surface area contributed by atoms with Crippen LogP contribution < -0.4 is 15.7 Å². The zero-order valence-electron chi connectivity index (χ0n) is 26.2. The van der Waals surface area contributed by atoms with Crippen LogP contribution in [0.25, 0.3) is 0 Å². The number of rotatable bonds is 8. The Bertz CT molecular complexity index is 1500. The molecule has 1 amide bonds. The van der Waals surface area contributed by atoms with E-state index in [1.54, 1.807) is 6.07 Å². The minimum Gasteiger partial charge on any atom is -0.401 e. The van der Waals surface area contributed by atoms with E-state index in [0.29, 0.717) is 24.4 Å². The van der Waals surface area contributed by atoms with Gasteiger partial charge in [0.25, 0.3) is 8.32 Å². The fraction of sp³-hybridized carbons (Fsp3) is 0.441. The molecule has 0 bridgehead atoms. The zero-order valence-corrected chi connectivity index (χ0v) is 27.2. The van der Waals surface area contributed by atoms with Crippen molar-refractivity contribution in [1.82, 2.24) is 14.9 Å². The van der Waals surface area contributed by atoms with Gasteiger partial charge in [-0.15, -0.1) is 0 Å². The predicted molar refractivity (Wildman–Crippen MR) is 170 cm³/mol. The molecule has 0 unspecified atom stereocenters. The summed E-state index contributed by atoms with van der Waals surface area (Å²) in [6.07, 6.45) is -0.828. The summed E-state index contributed by atoms with van der Waals surface area (Å²) in [6.45, 7) is 14.5. The fourth-order valence-electron chi connectivity index (χ4n) is 6.27. The number of halogens is 1. The molecule has 5 rings (SSSR count). The number of benzene rings is 2. The van der Waals surface area contributed by atoms with Crippen molar-refractivity contribution in [3.63, 3.8) is 0 Å². The van der Waals surface area contributed by atoms with E-state index in [4.69, 9.17) is 14.0 Å². The molecule has 2 aromatic carbocycles. The van der Waals surface area contributed by atoms with E-state index in [0.717, 1.165) is 21.8 Å². The number of hydrogen-bond acceptors (Lipinski definition) is 5. The highest BCUT2D eigenvalue weighted by Gasteiger charge is 2.53. The van der Waals surface area contributed by atoms with Crippen molar-refractivity contribution < 1.29 is 18.1 Å². The van der Waals surface area contributed by atoms with Gasteiger partial charge in [-0.25, -0.2) is 9.07 Å². The van der Waals surface area contributed by atoms with Gasteiger partial charge in [0.05, 0.1) is 29.5 Å². The number of carbonyl (C=O) groups is 1. The Balaban J connectivity index is 1.44. The second-order valence-electron chi connectivity index (χ2n) is 13.7. The van der Waals surface area contributed by atoms with Gasteiger partial charge in [-0.05, 0) is 55.9 Å². The number of nitrogens with one attached hydrogen (secondary N) is 1. The molecule has 7 nitrogen and oxygen atoms in total. The number of amides is 1. The lowest BCUT2D eigenvalue weighted by Crippen LogP contribution is -2.68. The summed E-state index contributed by atoms with van der Waals surface area (Å²) >= 11 is 0. The van der Waals surface area contributed by atoms with Gasteiger partial charge in [-0.3, -0.25) is 4.79 Å². The molecule has 0 saturated heterocycles. The largest absolute Gasteiger partial charge is 0.401 e. The Morgan fingerprint density at radius 1 is 1.00 bits per heavy atom. The van der Waals surface area contributed by atoms with Gasteiger partial charge in [0, 0.05) is 18.1 Å². The summed E-state index contributed by atoms with van der Waals surface area (Å²) in [5.41, 5.74) is 1.08. The lowest BCUT2D eigenvalue weighted by molar-refractivity contribution is -0.115. The molecule has 2 aromatic heterocycles. The minimum atomic E-state index is -2.92. The molecule has 1 aliphatic carbocycles. The van der Waals surface area contributed by atoms with Crippen LogP contribution in [0.3, 0.4) is 0 Å². The van der Waals surface area contributed by atoms with Crippen LogP contribution in [0.2, 0.25) is 5.04 Å². The van der Waals surface area contributed by atoms with Gasteiger partial charge in [-0.1, -0.05) is 86.6 Å². The molecule has 0 spiro atoms. The van der Waals surface area contributed by atoms with E-state index in [1.165, 1.54) is 0 Å². The highest BCUT2D eigenvalue weighted by Crippen LogP contribution is 2.44. The molecule has 1 saturated carbocycles. The molecule has 9 heteroatoms. The lowest BCUT2D eigenvalue weighted by atomic mass is 10.0. The number of aryl methyl sites for hydroxylation is 1. The zero-order chi connectivity index (χ0) is 31.0. The normalized spacial score (nSPS) is 19.5.